The van der Waals surface area contributed by atoms with Crippen molar-refractivity contribution < 1.29 is 28.5 Å². The summed E-state index contributed by atoms with van der Waals surface area (Å²) in [4.78, 5) is 12.5. The molecule has 7 nitrogen and oxygen atoms in total. The van der Waals surface area contributed by atoms with Crippen LogP contribution >= 0.6 is 0 Å². The van der Waals surface area contributed by atoms with Crippen molar-refractivity contribution in [3.63, 3.8) is 0 Å². The first-order valence-electron chi connectivity index (χ1n) is 10.2. The van der Waals surface area contributed by atoms with Crippen molar-refractivity contribution in [3.05, 3.63) is 82.1 Å². The van der Waals surface area contributed by atoms with Crippen LogP contribution in [0, 0.1) is 11.6 Å². The molecule has 4 rings (SSSR count). The van der Waals surface area contributed by atoms with Gasteiger partial charge in [-0.25, -0.2) is 13.5 Å². The number of methoxy groups -OCH3 is 1. The molecule has 3 aromatic carbocycles. The highest BCUT2D eigenvalue weighted by molar-refractivity contribution is 5.81. The van der Waals surface area contributed by atoms with Crippen molar-refractivity contribution in [3.8, 4) is 22.6 Å². The number of nitrogens with zero attached hydrogens (tertiary/aromatic N) is 1. The number of nitrogens with one attached hydrogen (secondary N) is 1. The van der Waals surface area contributed by atoms with Gasteiger partial charge in [0.2, 0.25) is 0 Å². The minimum atomic E-state index is -1.05. The Labute approximate surface area is 187 Å². The first kappa shape index (κ1) is 22.5. The standard InChI is InChI=1S/C24H22F2N2O5/c1-32-22-10-21(26)20(25)9-19(22)14-5-7-17(8-6-14)33-13-15-3-2-4-18-23(15)27-28(24(18)31)11-16(30)12-29/h2-10,16,27,29-30H,11-13H2,1H3/t16-/m1/s1. The Morgan fingerprint density at radius 1 is 1.09 bits per heavy atom. The van der Waals surface area contributed by atoms with E-state index in [1.807, 2.05) is 6.07 Å². The van der Waals surface area contributed by atoms with Crippen LogP contribution in [-0.4, -0.2) is 39.8 Å². The van der Waals surface area contributed by atoms with Gasteiger partial charge in [-0.3, -0.25) is 9.89 Å². The summed E-state index contributed by atoms with van der Waals surface area (Å²) in [7, 11) is 1.39. The van der Waals surface area contributed by atoms with Gasteiger partial charge in [-0.2, -0.15) is 0 Å². The summed E-state index contributed by atoms with van der Waals surface area (Å²) in [6, 6.07) is 14.1. The van der Waals surface area contributed by atoms with Crippen LogP contribution in [0.1, 0.15) is 5.56 Å². The van der Waals surface area contributed by atoms with Crippen molar-refractivity contribution in [1.82, 2.24) is 9.78 Å². The number of ether oxygens (including phenoxy) is 2. The Kier molecular flexibility index (Phi) is 6.43. The lowest BCUT2D eigenvalue weighted by Gasteiger charge is -2.11. The Balaban J connectivity index is 1.54. The molecule has 3 N–H and O–H groups in total. The smallest absolute Gasteiger partial charge is 0.274 e. The average molecular weight is 456 g/mol. The second-order valence-corrected chi connectivity index (χ2v) is 7.48. The zero-order chi connectivity index (χ0) is 23.5. The molecule has 0 spiro atoms. The first-order chi connectivity index (χ1) is 15.9. The quantitative estimate of drug-likeness (QED) is 0.378. The molecule has 0 saturated heterocycles. The van der Waals surface area contributed by atoms with Crippen LogP contribution in [0.5, 0.6) is 11.5 Å². The zero-order valence-corrected chi connectivity index (χ0v) is 17.7. The largest absolute Gasteiger partial charge is 0.496 e. The summed E-state index contributed by atoms with van der Waals surface area (Å²) in [6.07, 6.45) is -1.05. The van der Waals surface area contributed by atoms with Gasteiger partial charge in [0.25, 0.3) is 5.56 Å². The van der Waals surface area contributed by atoms with Gasteiger partial charge < -0.3 is 19.7 Å². The van der Waals surface area contributed by atoms with Gasteiger partial charge in [-0.1, -0.05) is 24.3 Å². The van der Waals surface area contributed by atoms with Crippen molar-refractivity contribution >= 4 is 10.9 Å². The van der Waals surface area contributed by atoms with Crippen LogP contribution in [0.4, 0.5) is 8.78 Å². The number of halogens is 2. The maximum atomic E-state index is 13.7. The molecule has 9 heteroatoms. The van der Waals surface area contributed by atoms with E-state index in [1.54, 1.807) is 36.4 Å². The lowest BCUT2D eigenvalue weighted by molar-refractivity contribution is 0.0776. The molecule has 0 unspecified atom stereocenters. The SMILES string of the molecule is COc1cc(F)c(F)cc1-c1ccc(OCc2cccc3c(=O)n(C[C@@H](O)CO)[nH]c23)cc1. The Bertz CT molecular complexity index is 1330. The highest BCUT2D eigenvalue weighted by atomic mass is 19.2. The van der Waals surface area contributed by atoms with Gasteiger partial charge in [0, 0.05) is 17.2 Å². The van der Waals surface area contributed by atoms with E-state index in [2.05, 4.69) is 5.10 Å². The number of hydrogen-bond donors (Lipinski definition) is 3. The molecule has 0 fully saturated rings. The summed E-state index contributed by atoms with van der Waals surface area (Å²) in [6.45, 7) is -0.350. The number of benzene rings is 3. The van der Waals surface area contributed by atoms with Gasteiger partial charge in [0.1, 0.15) is 18.1 Å². The highest BCUT2D eigenvalue weighted by Gasteiger charge is 2.14. The molecule has 1 atom stereocenters. The molecule has 4 aromatic rings. The molecule has 1 aromatic heterocycles. The normalized spacial score (nSPS) is 12.2. The Morgan fingerprint density at radius 3 is 2.52 bits per heavy atom. The van der Waals surface area contributed by atoms with E-state index in [-0.39, 0.29) is 24.5 Å². The lowest BCUT2D eigenvalue weighted by Crippen LogP contribution is -2.27. The molecule has 0 aliphatic heterocycles. The summed E-state index contributed by atoms with van der Waals surface area (Å²) >= 11 is 0. The second-order valence-electron chi connectivity index (χ2n) is 7.48. The number of aliphatic hydroxyl groups is 2. The van der Waals surface area contributed by atoms with E-state index in [0.717, 1.165) is 17.7 Å². The predicted molar refractivity (Wildman–Crippen MR) is 118 cm³/mol. The number of fused-ring (bicyclic) bond motifs is 1. The van der Waals surface area contributed by atoms with E-state index in [9.17, 15) is 18.7 Å². The molecule has 0 radical (unpaired) electrons. The lowest BCUT2D eigenvalue weighted by atomic mass is 10.0. The van der Waals surface area contributed by atoms with Crippen LogP contribution in [0.25, 0.3) is 22.0 Å². The summed E-state index contributed by atoms with van der Waals surface area (Å²) in [5, 5.41) is 22.1. The van der Waals surface area contributed by atoms with Crippen LogP contribution in [0.3, 0.4) is 0 Å². The minimum Gasteiger partial charge on any atom is -0.496 e. The second kappa shape index (κ2) is 9.43. The maximum absolute atomic E-state index is 13.7. The molecule has 0 amide bonds. The average Bonchev–Trinajstić information content (AvgIpc) is 3.15. The van der Waals surface area contributed by atoms with Gasteiger partial charge in [0.05, 0.1) is 37.3 Å². The van der Waals surface area contributed by atoms with Crippen molar-refractivity contribution in [2.24, 2.45) is 0 Å². The van der Waals surface area contributed by atoms with E-state index in [1.165, 1.54) is 11.8 Å². The minimum absolute atomic E-state index is 0.0563. The Morgan fingerprint density at radius 2 is 1.82 bits per heavy atom. The van der Waals surface area contributed by atoms with Crippen LogP contribution in [0.15, 0.2) is 59.4 Å². The number of rotatable bonds is 8. The number of aliphatic hydroxyl groups excluding tert-OH is 2. The number of hydrogen-bond acceptors (Lipinski definition) is 5. The van der Waals surface area contributed by atoms with Gasteiger partial charge in [0.15, 0.2) is 11.6 Å². The van der Waals surface area contributed by atoms with Crippen molar-refractivity contribution in [2.45, 2.75) is 19.3 Å². The summed E-state index contributed by atoms with van der Waals surface area (Å²) in [5.41, 5.74) is 2.05. The fourth-order valence-electron chi connectivity index (χ4n) is 3.57. The molecular formula is C24H22F2N2O5. The Hall–Kier alpha value is -3.69. The molecule has 1 heterocycles. The van der Waals surface area contributed by atoms with Gasteiger partial charge in [-0.05, 0) is 29.8 Å². The zero-order valence-electron chi connectivity index (χ0n) is 17.7. The number of aromatic amines is 1. The molecule has 0 aliphatic carbocycles. The fourth-order valence-corrected chi connectivity index (χ4v) is 3.57. The van der Waals surface area contributed by atoms with Crippen LogP contribution < -0.4 is 15.0 Å². The van der Waals surface area contributed by atoms with E-state index >= 15 is 0 Å². The maximum Gasteiger partial charge on any atom is 0.274 e. The number of aromatic nitrogens is 2. The van der Waals surface area contributed by atoms with E-state index in [0.29, 0.717) is 27.8 Å². The molecule has 172 valence electrons. The first-order valence-corrected chi connectivity index (χ1v) is 10.2. The fraction of sp³-hybridized carbons (Fsp3) is 0.208. The van der Waals surface area contributed by atoms with E-state index in [4.69, 9.17) is 14.6 Å². The predicted octanol–water partition coefficient (Wildman–Crippen LogP) is 3.22. The summed E-state index contributed by atoms with van der Waals surface area (Å²) in [5.74, 6) is -1.20. The van der Waals surface area contributed by atoms with Gasteiger partial charge >= 0.3 is 0 Å². The third kappa shape index (κ3) is 4.59. The number of H-pyrrole nitrogens is 1. The number of para-hydroxylation sites is 1. The third-order valence-electron chi connectivity index (χ3n) is 5.28. The van der Waals surface area contributed by atoms with Crippen molar-refractivity contribution in [1.29, 1.82) is 0 Å². The van der Waals surface area contributed by atoms with Gasteiger partial charge in [-0.15, -0.1) is 0 Å². The molecule has 33 heavy (non-hydrogen) atoms. The summed E-state index contributed by atoms with van der Waals surface area (Å²) < 4.78 is 39.5. The molecular weight excluding hydrogens is 434 g/mol. The molecule has 0 aliphatic rings. The monoisotopic (exact) mass is 456 g/mol. The van der Waals surface area contributed by atoms with E-state index < -0.39 is 24.3 Å². The topological polar surface area (TPSA) is 96.7 Å². The third-order valence-corrected chi connectivity index (χ3v) is 5.28. The van der Waals surface area contributed by atoms with Crippen LogP contribution in [-0.2, 0) is 13.2 Å². The molecule has 0 saturated carbocycles. The van der Waals surface area contributed by atoms with Crippen molar-refractivity contribution in [2.75, 3.05) is 13.7 Å². The molecule has 0 bridgehead atoms. The highest BCUT2D eigenvalue weighted by Crippen LogP contribution is 2.33. The van der Waals surface area contributed by atoms with Crippen LogP contribution in [0.2, 0.25) is 0 Å².